The minimum Gasteiger partial charge on any atom is -0.347 e. The van der Waals surface area contributed by atoms with Gasteiger partial charge in [0.1, 0.15) is 0 Å². The monoisotopic (exact) mass is 291 g/mol. The predicted octanol–water partition coefficient (Wildman–Crippen LogP) is 1.80. The van der Waals surface area contributed by atoms with Gasteiger partial charge < -0.3 is 10.6 Å². The Morgan fingerprint density at radius 1 is 1.28 bits per heavy atom. The summed E-state index contributed by atoms with van der Waals surface area (Å²) in [5, 5.41) is 6.40. The number of hydrogen-bond acceptors (Lipinski definition) is 3. The predicted molar refractivity (Wildman–Crippen MR) is 76.7 cm³/mol. The molecule has 0 unspecified atom stereocenters. The fourth-order valence-electron chi connectivity index (χ4n) is 1.95. The minimum absolute atomic E-state index is 0. The first-order chi connectivity index (χ1) is 7.70. The van der Waals surface area contributed by atoms with Crippen molar-refractivity contribution in [2.75, 3.05) is 13.1 Å². The number of carbonyl (C=O) groups is 1. The van der Waals surface area contributed by atoms with Gasteiger partial charge in [0.15, 0.2) is 0 Å². The molecule has 0 radical (unpaired) electrons. The van der Waals surface area contributed by atoms with E-state index in [0.29, 0.717) is 5.56 Å². The molecule has 102 valence electrons. The molecule has 1 aliphatic rings. The van der Waals surface area contributed by atoms with Gasteiger partial charge in [0, 0.05) is 23.5 Å². The van der Waals surface area contributed by atoms with Crippen LogP contribution in [0.15, 0.2) is 24.5 Å². The summed E-state index contributed by atoms with van der Waals surface area (Å²) in [5.41, 5.74) is 0.598. The zero-order valence-corrected chi connectivity index (χ0v) is 11.9. The number of piperidine rings is 1. The highest BCUT2D eigenvalue weighted by molar-refractivity contribution is 5.94. The SMILES string of the molecule is CC1(NC(=O)c2ccncc2)CCNCC1.Cl.Cl. The molecule has 1 amide bonds. The Morgan fingerprint density at radius 2 is 1.83 bits per heavy atom. The van der Waals surface area contributed by atoms with Gasteiger partial charge in [-0.2, -0.15) is 0 Å². The summed E-state index contributed by atoms with van der Waals surface area (Å²) in [6.45, 7) is 4.03. The minimum atomic E-state index is -0.0778. The first-order valence-corrected chi connectivity index (χ1v) is 5.63. The maximum Gasteiger partial charge on any atom is 0.251 e. The van der Waals surface area contributed by atoms with Crippen molar-refractivity contribution in [2.24, 2.45) is 0 Å². The molecule has 0 saturated carbocycles. The fourth-order valence-corrected chi connectivity index (χ4v) is 1.95. The van der Waals surface area contributed by atoms with Crippen molar-refractivity contribution in [3.05, 3.63) is 30.1 Å². The quantitative estimate of drug-likeness (QED) is 0.874. The lowest BCUT2D eigenvalue weighted by molar-refractivity contribution is 0.0887. The van der Waals surface area contributed by atoms with Crippen molar-refractivity contribution in [2.45, 2.75) is 25.3 Å². The van der Waals surface area contributed by atoms with Crippen LogP contribution in [0.25, 0.3) is 0 Å². The van der Waals surface area contributed by atoms with E-state index < -0.39 is 0 Å². The normalized spacial score (nSPS) is 16.9. The summed E-state index contributed by atoms with van der Waals surface area (Å²) in [6, 6.07) is 3.47. The van der Waals surface area contributed by atoms with Gasteiger partial charge in [-0.3, -0.25) is 9.78 Å². The molecule has 0 aliphatic carbocycles. The first kappa shape index (κ1) is 17.2. The number of aromatic nitrogens is 1. The highest BCUT2D eigenvalue weighted by atomic mass is 35.5. The summed E-state index contributed by atoms with van der Waals surface area (Å²) >= 11 is 0. The lowest BCUT2D eigenvalue weighted by Gasteiger charge is -2.35. The van der Waals surface area contributed by atoms with E-state index in [9.17, 15) is 4.79 Å². The molecular formula is C12H19Cl2N3O. The smallest absolute Gasteiger partial charge is 0.251 e. The Bertz CT molecular complexity index is 367. The average Bonchev–Trinajstić information content (AvgIpc) is 2.30. The second kappa shape index (κ2) is 7.56. The molecule has 4 nitrogen and oxygen atoms in total. The van der Waals surface area contributed by atoms with Crippen molar-refractivity contribution in [1.82, 2.24) is 15.6 Å². The van der Waals surface area contributed by atoms with Gasteiger partial charge in [0.2, 0.25) is 0 Å². The van der Waals surface area contributed by atoms with E-state index in [1.807, 2.05) is 0 Å². The van der Waals surface area contributed by atoms with E-state index in [4.69, 9.17) is 0 Å². The second-order valence-electron chi connectivity index (χ2n) is 4.50. The molecule has 1 fully saturated rings. The highest BCUT2D eigenvalue weighted by Crippen LogP contribution is 2.17. The molecule has 18 heavy (non-hydrogen) atoms. The van der Waals surface area contributed by atoms with E-state index in [-0.39, 0.29) is 36.3 Å². The third-order valence-corrected chi connectivity index (χ3v) is 3.06. The van der Waals surface area contributed by atoms with Crippen molar-refractivity contribution < 1.29 is 4.79 Å². The summed E-state index contributed by atoms with van der Waals surface area (Å²) < 4.78 is 0. The number of nitrogens with zero attached hydrogens (tertiary/aromatic N) is 1. The molecular weight excluding hydrogens is 273 g/mol. The van der Waals surface area contributed by atoms with Crippen LogP contribution < -0.4 is 10.6 Å². The zero-order valence-electron chi connectivity index (χ0n) is 10.3. The van der Waals surface area contributed by atoms with Crippen LogP contribution in [0.2, 0.25) is 0 Å². The second-order valence-corrected chi connectivity index (χ2v) is 4.50. The molecule has 6 heteroatoms. The molecule has 2 rings (SSSR count). The van der Waals surface area contributed by atoms with Gasteiger partial charge in [0.25, 0.3) is 5.91 Å². The Hall–Kier alpha value is -0.840. The summed E-state index contributed by atoms with van der Waals surface area (Å²) in [5.74, 6) is -0.00759. The van der Waals surface area contributed by atoms with E-state index in [1.165, 1.54) is 0 Å². The Balaban J connectivity index is 0.00000144. The summed E-state index contributed by atoms with van der Waals surface area (Å²) in [4.78, 5) is 15.9. The van der Waals surface area contributed by atoms with Crippen molar-refractivity contribution in [3.63, 3.8) is 0 Å². The van der Waals surface area contributed by atoms with Crippen LogP contribution in [0.5, 0.6) is 0 Å². The maximum absolute atomic E-state index is 12.0. The van der Waals surface area contributed by atoms with E-state index >= 15 is 0 Å². The van der Waals surface area contributed by atoms with E-state index in [0.717, 1.165) is 25.9 Å². The third kappa shape index (κ3) is 4.44. The van der Waals surface area contributed by atoms with Crippen LogP contribution in [0.3, 0.4) is 0 Å². The third-order valence-electron chi connectivity index (χ3n) is 3.06. The van der Waals surface area contributed by atoms with Crippen LogP contribution in [0.1, 0.15) is 30.1 Å². The van der Waals surface area contributed by atoms with Crippen LogP contribution in [-0.4, -0.2) is 29.5 Å². The molecule has 1 aromatic rings. The van der Waals surface area contributed by atoms with E-state index in [1.54, 1.807) is 24.5 Å². The lowest BCUT2D eigenvalue weighted by Crippen LogP contribution is -2.52. The number of amides is 1. The molecule has 2 N–H and O–H groups in total. The molecule has 1 aromatic heterocycles. The Morgan fingerprint density at radius 3 is 2.39 bits per heavy atom. The summed E-state index contributed by atoms with van der Waals surface area (Å²) in [6.07, 6.45) is 5.23. The topological polar surface area (TPSA) is 54.0 Å². The molecule has 0 atom stereocenters. The van der Waals surface area contributed by atoms with Gasteiger partial charge in [-0.1, -0.05) is 0 Å². The number of pyridine rings is 1. The van der Waals surface area contributed by atoms with Crippen molar-refractivity contribution in [1.29, 1.82) is 0 Å². The number of nitrogens with one attached hydrogen (secondary N) is 2. The molecule has 0 spiro atoms. The number of rotatable bonds is 2. The Kier molecular flexibility index (Phi) is 7.21. The van der Waals surface area contributed by atoms with Crippen LogP contribution in [-0.2, 0) is 0 Å². The van der Waals surface area contributed by atoms with Crippen LogP contribution in [0.4, 0.5) is 0 Å². The number of hydrogen-bond donors (Lipinski definition) is 2. The molecule has 1 saturated heterocycles. The number of halogens is 2. The van der Waals surface area contributed by atoms with Crippen molar-refractivity contribution >= 4 is 30.7 Å². The Labute approximate surface area is 120 Å². The first-order valence-electron chi connectivity index (χ1n) is 5.63. The standard InChI is InChI=1S/C12H17N3O.2ClH/c1-12(4-8-14-9-5-12)15-11(16)10-2-6-13-7-3-10;;/h2-3,6-7,14H,4-5,8-9H2,1H3,(H,15,16);2*1H. The van der Waals surface area contributed by atoms with Crippen LogP contribution in [0, 0.1) is 0 Å². The van der Waals surface area contributed by atoms with Gasteiger partial charge in [-0.15, -0.1) is 24.8 Å². The summed E-state index contributed by atoms with van der Waals surface area (Å²) in [7, 11) is 0. The molecule has 1 aliphatic heterocycles. The maximum atomic E-state index is 12.0. The molecule has 0 bridgehead atoms. The highest BCUT2D eigenvalue weighted by Gasteiger charge is 2.28. The van der Waals surface area contributed by atoms with E-state index in [2.05, 4.69) is 22.5 Å². The number of carbonyl (C=O) groups excluding carboxylic acids is 1. The van der Waals surface area contributed by atoms with Gasteiger partial charge in [0.05, 0.1) is 0 Å². The average molecular weight is 292 g/mol. The molecule has 0 aromatic carbocycles. The largest absolute Gasteiger partial charge is 0.347 e. The van der Waals surface area contributed by atoms with Crippen LogP contribution >= 0.6 is 24.8 Å². The lowest BCUT2D eigenvalue weighted by atomic mass is 9.90. The van der Waals surface area contributed by atoms with Gasteiger partial charge >= 0.3 is 0 Å². The van der Waals surface area contributed by atoms with Crippen molar-refractivity contribution in [3.8, 4) is 0 Å². The zero-order chi connectivity index (χ0) is 11.4. The molecule has 2 heterocycles. The fraction of sp³-hybridized carbons (Fsp3) is 0.500. The van der Waals surface area contributed by atoms with Gasteiger partial charge in [-0.05, 0) is 45.0 Å². The van der Waals surface area contributed by atoms with Gasteiger partial charge in [-0.25, -0.2) is 0 Å².